The summed E-state index contributed by atoms with van der Waals surface area (Å²) in [5, 5.41) is 41.6. The van der Waals surface area contributed by atoms with E-state index in [0.717, 1.165) is 28.0 Å². The molecule has 4 N–H and O–H groups in total. The maximum absolute atomic E-state index is 10.8. The smallest absolute Gasteiger partial charge is 0.123 e. The van der Waals surface area contributed by atoms with Crippen LogP contribution in [0.4, 0.5) is 0 Å². The van der Waals surface area contributed by atoms with Gasteiger partial charge in [-0.25, -0.2) is 0 Å². The third-order valence-corrected chi connectivity index (χ3v) is 6.55. The van der Waals surface area contributed by atoms with Crippen LogP contribution in [0.15, 0.2) is 36.4 Å². The standard InChI is InChI=1S/C23H27ClO6/c1-2-29-16-5-3-13(4-6-16)9-15-10-17-14(11-18(15)24)7-8-23(17)22(28)21(27)20(26)19(12-25)30-23/h3-6,10-11,19-22,25-28H,2,7-9,12H2,1H3/t19-,20-,21+,22-,23+/m1/s1. The highest BCUT2D eigenvalue weighted by Crippen LogP contribution is 2.49. The van der Waals surface area contributed by atoms with Gasteiger partial charge in [0.05, 0.1) is 13.2 Å². The number of fused-ring (bicyclic) bond motifs is 2. The van der Waals surface area contributed by atoms with E-state index >= 15 is 0 Å². The van der Waals surface area contributed by atoms with E-state index in [2.05, 4.69) is 0 Å². The van der Waals surface area contributed by atoms with Crippen molar-refractivity contribution in [1.29, 1.82) is 0 Å². The summed E-state index contributed by atoms with van der Waals surface area (Å²) in [7, 11) is 0. The summed E-state index contributed by atoms with van der Waals surface area (Å²) in [5.41, 5.74) is 2.44. The van der Waals surface area contributed by atoms with Crippen molar-refractivity contribution in [3.8, 4) is 5.75 Å². The zero-order chi connectivity index (χ0) is 21.5. The van der Waals surface area contributed by atoms with E-state index in [-0.39, 0.29) is 0 Å². The largest absolute Gasteiger partial charge is 0.494 e. The number of aliphatic hydroxyl groups is 4. The molecule has 2 aliphatic rings. The molecule has 6 nitrogen and oxygen atoms in total. The predicted molar refractivity (Wildman–Crippen MR) is 112 cm³/mol. The lowest BCUT2D eigenvalue weighted by Gasteiger charge is -2.47. The number of benzene rings is 2. The topological polar surface area (TPSA) is 99.4 Å². The molecule has 0 aromatic heterocycles. The minimum absolute atomic E-state index is 0.437. The van der Waals surface area contributed by atoms with Crippen molar-refractivity contribution < 1.29 is 29.9 Å². The summed E-state index contributed by atoms with van der Waals surface area (Å²) in [4.78, 5) is 0. The first-order chi connectivity index (χ1) is 14.4. The highest BCUT2D eigenvalue weighted by molar-refractivity contribution is 6.31. The lowest BCUT2D eigenvalue weighted by molar-refractivity contribution is -0.278. The van der Waals surface area contributed by atoms with Gasteiger partial charge in [0.25, 0.3) is 0 Å². The summed E-state index contributed by atoms with van der Waals surface area (Å²) in [6, 6.07) is 11.6. The van der Waals surface area contributed by atoms with Gasteiger partial charge in [-0.15, -0.1) is 0 Å². The number of rotatable bonds is 5. The molecule has 0 unspecified atom stereocenters. The molecule has 0 radical (unpaired) electrons. The van der Waals surface area contributed by atoms with Gasteiger partial charge in [0, 0.05) is 5.02 Å². The Labute approximate surface area is 180 Å². The van der Waals surface area contributed by atoms with Crippen molar-refractivity contribution >= 4 is 11.6 Å². The third-order valence-electron chi connectivity index (χ3n) is 6.20. The Kier molecular flexibility index (Phi) is 6.08. The Bertz CT molecular complexity index is 899. The number of aliphatic hydroxyl groups excluding tert-OH is 4. The monoisotopic (exact) mass is 434 g/mol. The fourth-order valence-corrected chi connectivity index (χ4v) is 4.86. The van der Waals surface area contributed by atoms with E-state index in [9.17, 15) is 20.4 Å². The van der Waals surface area contributed by atoms with Crippen molar-refractivity contribution in [2.45, 2.75) is 56.2 Å². The summed E-state index contributed by atoms with van der Waals surface area (Å²) in [5.74, 6) is 0.807. The lowest BCUT2D eigenvalue weighted by atomic mass is 9.80. The predicted octanol–water partition coefficient (Wildman–Crippen LogP) is 1.94. The third kappa shape index (κ3) is 3.62. The van der Waals surface area contributed by atoms with E-state index in [4.69, 9.17) is 21.1 Å². The molecule has 162 valence electrons. The van der Waals surface area contributed by atoms with E-state index in [1.54, 1.807) is 0 Å². The van der Waals surface area contributed by atoms with Crippen LogP contribution in [0.25, 0.3) is 0 Å². The molecule has 4 rings (SSSR count). The fourth-order valence-electron chi connectivity index (χ4n) is 4.61. The van der Waals surface area contributed by atoms with Crippen molar-refractivity contribution in [1.82, 2.24) is 0 Å². The van der Waals surface area contributed by atoms with Gasteiger partial charge >= 0.3 is 0 Å². The minimum Gasteiger partial charge on any atom is -0.494 e. The van der Waals surface area contributed by atoms with E-state index in [0.29, 0.717) is 30.9 Å². The zero-order valence-electron chi connectivity index (χ0n) is 16.8. The average molecular weight is 435 g/mol. The Hall–Kier alpha value is -1.67. The van der Waals surface area contributed by atoms with Gasteiger partial charge in [0.15, 0.2) is 0 Å². The maximum atomic E-state index is 10.8. The molecule has 2 aromatic rings. The van der Waals surface area contributed by atoms with Crippen LogP contribution in [0.1, 0.15) is 35.6 Å². The quantitative estimate of drug-likeness (QED) is 0.574. The van der Waals surface area contributed by atoms with Crippen LogP contribution in [-0.2, 0) is 23.2 Å². The van der Waals surface area contributed by atoms with E-state index < -0.39 is 36.6 Å². The van der Waals surface area contributed by atoms with Crippen LogP contribution in [-0.4, -0.2) is 58.1 Å². The molecule has 1 aliphatic heterocycles. The molecule has 2 aromatic carbocycles. The molecular formula is C23H27ClO6. The molecule has 0 bridgehead atoms. The van der Waals surface area contributed by atoms with Crippen molar-refractivity contribution in [2.75, 3.05) is 13.2 Å². The van der Waals surface area contributed by atoms with Crippen LogP contribution in [0.3, 0.4) is 0 Å². The maximum Gasteiger partial charge on any atom is 0.123 e. The van der Waals surface area contributed by atoms with Gasteiger partial charge < -0.3 is 29.9 Å². The normalized spacial score (nSPS) is 30.5. The van der Waals surface area contributed by atoms with Crippen molar-refractivity contribution in [3.63, 3.8) is 0 Å². The number of hydrogen-bond donors (Lipinski definition) is 4. The summed E-state index contributed by atoms with van der Waals surface area (Å²) in [6.07, 6.45) is -3.40. The van der Waals surface area contributed by atoms with Crippen LogP contribution in [0.5, 0.6) is 5.75 Å². The molecule has 1 aliphatic carbocycles. The zero-order valence-corrected chi connectivity index (χ0v) is 17.5. The second kappa shape index (κ2) is 8.46. The molecule has 1 fully saturated rings. The molecule has 0 saturated carbocycles. The van der Waals surface area contributed by atoms with Gasteiger partial charge in [-0.05, 0) is 66.6 Å². The molecular weight excluding hydrogens is 408 g/mol. The van der Waals surface area contributed by atoms with Gasteiger partial charge in [0.2, 0.25) is 0 Å². The fraction of sp³-hybridized carbons (Fsp3) is 0.478. The number of hydrogen-bond acceptors (Lipinski definition) is 6. The Morgan fingerprint density at radius 3 is 2.53 bits per heavy atom. The van der Waals surface area contributed by atoms with Crippen LogP contribution < -0.4 is 4.74 Å². The first-order valence-electron chi connectivity index (χ1n) is 10.3. The number of aryl methyl sites for hydroxylation is 1. The summed E-state index contributed by atoms with van der Waals surface area (Å²) in [6.45, 7) is 2.09. The molecule has 0 amide bonds. The lowest BCUT2D eigenvalue weighted by Crippen LogP contribution is -2.62. The Balaban J connectivity index is 1.67. The highest BCUT2D eigenvalue weighted by atomic mass is 35.5. The molecule has 5 atom stereocenters. The number of ether oxygens (including phenoxy) is 2. The molecule has 1 saturated heterocycles. The molecule has 1 spiro atoms. The molecule has 30 heavy (non-hydrogen) atoms. The van der Waals surface area contributed by atoms with Crippen LogP contribution >= 0.6 is 11.6 Å². The van der Waals surface area contributed by atoms with Gasteiger partial charge in [-0.3, -0.25) is 0 Å². The van der Waals surface area contributed by atoms with Crippen molar-refractivity contribution in [2.24, 2.45) is 0 Å². The molecule has 1 heterocycles. The Morgan fingerprint density at radius 2 is 1.87 bits per heavy atom. The highest BCUT2D eigenvalue weighted by Gasteiger charge is 2.56. The van der Waals surface area contributed by atoms with Gasteiger partial charge in [0.1, 0.15) is 35.8 Å². The van der Waals surface area contributed by atoms with E-state index in [1.807, 2.05) is 43.3 Å². The van der Waals surface area contributed by atoms with E-state index in [1.165, 1.54) is 0 Å². The van der Waals surface area contributed by atoms with Crippen LogP contribution in [0.2, 0.25) is 5.02 Å². The van der Waals surface area contributed by atoms with Crippen molar-refractivity contribution in [3.05, 3.63) is 63.7 Å². The van der Waals surface area contributed by atoms with Gasteiger partial charge in [-0.1, -0.05) is 29.8 Å². The summed E-state index contributed by atoms with van der Waals surface area (Å²) < 4.78 is 11.5. The minimum atomic E-state index is -1.41. The van der Waals surface area contributed by atoms with Crippen LogP contribution in [0, 0.1) is 0 Å². The molecule has 7 heteroatoms. The second-order valence-corrected chi connectivity index (χ2v) is 8.42. The second-order valence-electron chi connectivity index (χ2n) is 8.01. The number of halogens is 1. The SMILES string of the molecule is CCOc1ccc(Cc2cc3c(cc2Cl)CC[C@]32O[C@H](CO)[C@@H](O)[C@H](O)[C@H]2O)cc1. The first-order valence-corrected chi connectivity index (χ1v) is 10.6. The Morgan fingerprint density at radius 1 is 1.13 bits per heavy atom. The summed E-state index contributed by atoms with van der Waals surface area (Å²) >= 11 is 6.55. The van der Waals surface area contributed by atoms with Gasteiger partial charge in [-0.2, -0.15) is 0 Å². The average Bonchev–Trinajstić information content (AvgIpc) is 3.09. The first kappa shape index (κ1) is 21.6.